The molecule has 0 unspecified atom stereocenters. The molecule has 4 aliphatic carbocycles. The molecule has 0 saturated carbocycles. The van der Waals surface area contributed by atoms with E-state index in [2.05, 4.69) is 54.6 Å². The first kappa shape index (κ1) is 47.6. The van der Waals surface area contributed by atoms with E-state index in [1.165, 1.54) is 122 Å². The first-order chi connectivity index (χ1) is 23.1. The molecule has 0 amide bonds. The van der Waals surface area contributed by atoms with E-state index in [9.17, 15) is 0 Å². The van der Waals surface area contributed by atoms with Crippen molar-refractivity contribution in [2.24, 2.45) is 0 Å². The zero-order chi connectivity index (χ0) is 32.8. The maximum atomic E-state index is 5.83. The number of hydrogen-bond donors (Lipinski definition) is 0. The van der Waals surface area contributed by atoms with Crippen LogP contribution in [0.25, 0.3) is 23.8 Å². The van der Waals surface area contributed by atoms with Crippen LogP contribution in [0.5, 0.6) is 0 Å². The largest absolute Gasteiger partial charge is 2.00 e. The summed E-state index contributed by atoms with van der Waals surface area (Å²) in [5.74, 6) is 0. The predicted molar refractivity (Wildman–Crippen MR) is 198 cm³/mol. The summed E-state index contributed by atoms with van der Waals surface area (Å²) in [4.78, 5) is 0. The normalized spacial score (nSPS) is 14.3. The van der Waals surface area contributed by atoms with Gasteiger partial charge in [-0.15, -0.1) is 39.9 Å². The van der Waals surface area contributed by atoms with Crippen molar-refractivity contribution < 1.29 is 84.3 Å². The van der Waals surface area contributed by atoms with Crippen molar-refractivity contribution in [3.63, 3.8) is 0 Å². The van der Waals surface area contributed by atoms with Crippen LogP contribution in [0, 0.1) is 50.6 Å². The molecule has 0 saturated heterocycles. The molecule has 0 radical (unpaired) electrons. The molecule has 4 aliphatic rings. The Morgan fingerprint density at radius 1 is 0.510 bits per heavy atom. The summed E-state index contributed by atoms with van der Waals surface area (Å²) in [5, 5.41) is 0. The van der Waals surface area contributed by atoms with Crippen LogP contribution in [0.15, 0.2) is 54.6 Å². The summed E-state index contributed by atoms with van der Waals surface area (Å²) >= 11 is 0. The van der Waals surface area contributed by atoms with E-state index < -0.39 is 0 Å². The van der Waals surface area contributed by atoms with Gasteiger partial charge in [-0.1, -0.05) is 77.0 Å². The summed E-state index contributed by atoms with van der Waals surface area (Å²) in [7, 11) is 0. The maximum Gasteiger partial charge on any atom is 2.00 e. The third-order valence-corrected chi connectivity index (χ3v) is 9.61. The zero-order valence-electron chi connectivity index (χ0n) is 29.5. The van der Waals surface area contributed by atoms with E-state index in [0.717, 1.165) is 40.7 Å². The van der Waals surface area contributed by atoms with Crippen LogP contribution in [-0.2, 0) is 129 Å². The Hall–Kier alpha value is -1.41. The second-order valence-corrected chi connectivity index (χ2v) is 12.8. The van der Waals surface area contributed by atoms with Crippen LogP contribution < -0.4 is 0 Å². The molecule has 8 rings (SSSR count). The van der Waals surface area contributed by atoms with Crippen molar-refractivity contribution in [2.45, 2.75) is 96.3 Å². The second kappa shape index (κ2) is 25.6. The fraction of sp³-hybridized carbons (Fsp3) is 0.319. The van der Waals surface area contributed by atoms with Gasteiger partial charge in [0.2, 0.25) is 0 Å². The van der Waals surface area contributed by atoms with E-state index in [1.54, 1.807) is 18.2 Å². The smallest absolute Gasteiger partial charge is 0.344 e. The van der Waals surface area contributed by atoms with Gasteiger partial charge in [0.05, 0.1) is 0 Å². The van der Waals surface area contributed by atoms with Crippen LogP contribution in [0.1, 0.15) is 113 Å². The summed E-state index contributed by atoms with van der Waals surface area (Å²) < 4.78 is 0. The summed E-state index contributed by atoms with van der Waals surface area (Å²) in [5.41, 5.74) is 15.3. The van der Waals surface area contributed by atoms with Gasteiger partial charge in [0, 0.05) is 0 Å². The molecule has 4 aromatic rings. The van der Waals surface area contributed by atoms with Crippen molar-refractivity contribution in [3.05, 3.63) is 166 Å². The summed E-state index contributed by atoms with van der Waals surface area (Å²) in [6.45, 7) is 22.2. The Balaban J connectivity index is 0.000000331. The molecular formula is C47H46W4. The van der Waals surface area contributed by atoms with Gasteiger partial charge >= 0.3 is 84.3 Å². The SMILES string of the molecule is [CH-]=C1CCCc2ccc[c-]c21.[CH-]=Cc1[c-]c2c(cc1)CCCC2.[CH-]=Cc1[c-]cc2c(c1)CCCC2.[CH-]=Cc1[c-]ccc2c1CCCC2.[W+2].[W+2].[W+2].[W+2]. The molecule has 0 bridgehead atoms. The van der Waals surface area contributed by atoms with Crippen LogP contribution in [0.4, 0.5) is 0 Å². The standard InChI is InChI=1S/3C12H12.C11H10.4W/c1-2-10-7-5-8-11-6-3-4-9-12(10)11;2*1-2-10-7-8-11-5-3-4-6-12(11)9-10;1-9-5-4-7-10-6-2-3-8-11(9)10;;;;/h1-2,5,8H,3-4,6,9H2;1-2,8-9H,3-6H2;1-2,7-8H,3-6H2;1-3,6H,4-5,7H2;;;;/q4*-2;4*+2. The van der Waals surface area contributed by atoms with Crippen LogP contribution in [-0.4, -0.2) is 0 Å². The molecule has 0 aliphatic heterocycles. The first-order valence-electron chi connectivity index (χ1n) is 17.5. The van der Waals surface area contributed by atoms with Crippen LogP contribution in [0.3, 0.4) is 0 Å². The van der Waals surface area contributed by atoms with E-state index in [-0.39, 0.29) is 84.3 Å². The van der Waals surface area contributed by atoms with Crippen molar-refractivity contribution in [1.82, 2.24) is 0 Å². The van der Waals surface area contributed by atoms with Gasteiger partial charge < -0.3 is 66.8 Å². The zero-order valence-corrected chi connectivity index (χ0v) is 41.2. The molecule has 0 nitrogen and oxygen atoms in total. The number of rotatable bonds is 3. The van der Waals surface area contributed by atoms with Gasteiger partial charge in [0.1, 0.15) is 0 Å². The minimum atomic E-state index is 0. The molecule has 0 N–H and O–H groups in total. The van der Waals surface area contributed by atoms with E-state index >= 15 is 0 Å². The van der Waals surface area contributed by atoms with Crippen molar-refractivity contribution in [3.8, 4) is 0 Å². The molecule has 0 aromatic heterocycles. The molecule has 258 valence electrons. The summed E-state index contributed by atoms with van der Waals surface area (Å²) in [6.07, 6.45) is 23.4. The van der Waals surface area contributed by atoms with Gasteiger partial charge in [-0.25, -0.2) is 47.5 Å². The number of benzene rings is 4. The Morgan fingerprint density at radius 2 is 1.16 bits per heavy atom. The molecule has 0 atom stereocenters. The Bertz CT molecular complexity index is 1630. The molecule has 4 aromatic carbocycles. The Kier molecular flexibility index (Phi) is 23.9. The average Bonchev–Trinajstić information content (AvgIpc) is 3.15. The number of aryl methyl sites for hydroxylation is 6. The minimum absolute atomic E-state index is 0. The molecular weight excluding hydrogens is 1300 g/mol. The maximum absolute atomic E-state index is 5.83. The monoisotopic (exact) mass is 1350 g/mol. The van der Waals surface area contributed by atoms with Gasteiger partial charge in [-0.2, -0.15) is 30.3 Å². The van der Waals surface area contributed by atoms with Gasteiger partial charge in [-0.05, 0) is 19.3 Å². The minimum Gasteiger partial charge on any atom is -0.344 e. The van der Waals surface area contributed by atoms with Crippen LogP contribution in [0.2, 0.25) is 0 Å². The van der Waals surface area contributed by atoms with Crippen LogP contribution >= 0.6 is 0 Å². The predicted octanol–water partition coefficient (Wildman–Crippen LogP) is 11.1. The molecule has 0 heterocycles. The van der Waals surface area contributed by atoms with E-state index in [0.29, 0.717) is 0 Å². The fourth-order valence-corrected chi connectivity index (χ4v) is 7.00. The van der Waals surface area contributed by atoms with Crippen molar-refractivity contribution in [2.75, 3.05) is 0 Å². The van der Waals surface area contributed by atoms with Crippen molar-refractivity contribution in [1.29, 1.82) is 0 Å². The van der Waals surface area contributed by atoms with Gasteiger partial charge in [-0.3, -0.25) is 5.56 Å². The van der Waals surface area contributed by atoms with E-state index in [1.807, 2.05) is 24.3 Å². The molecule has 51 heavy (non-hydrogen) atoms. The van der Waals surface area contributed by atoms with E-state index in [4.69, 9.17) is 26.3 Å². The molecule has 4 heteroatoms. The molecule has 0 fully saturated rings. The average molecular weight is 1350 g/mol. The quantitative estimate of drug-likeness (QED) is 0.179. The topological polar surface area (TPSA) is 0 Å². The Labute approximate surface area is 367 Å². The number of allylic oxidation sites excluding steroid dienone is 1. The third kappa shape index (κ3) is 14.1. The molecule has 0 spiro atoms. The second-order valence-electron chi connectivity index (χ2n) is 12.8. The van der Waals surface area contributed by atoms with Gasteiger partial charge in [0.25, 0.3) is 0 Å². The number of hydrogen-bond acceptors (Lipinski definition) is 0. The summed E-state index contributed by atoms with van der Waals surface area (Å²) in [6, 6.07) is 31.6. The van der Waals surface area contributed by atoms with Gasteiger partial charge in [0.15, 0.2) is 0 Å². The number of fused-ring (bicyclic) bond motifs is 4. The Morgan fingerprint density at radius 3 is 1.86 bits per heavy atom. The van der Waals surface area contributed by atoms with Crippen molar-refractivity contribution >= 4 is 23.8 Å². The third-order valence-electron chi connectivity index (χ3n) is 9.61. The fourth-order valence-electron chi connectivity index (χ4n) is 7.00. The first-order valence-corrected chi connectivity index (χ1v) is 17.5.